The van der Waals surface area contributed by atoms with E-state index in [1.165, 1.54) is 0 Å². The third-order valence-corrected chi connectivity index (χ3v) is 2.29. The van der Waals surface area contributed by atoms with Gasteiger partial charge in [-0.1, -0.05) is 26.7 Å². The van der Waals surface area contributed by atoms with Crippen molar-refractivity contribution < 1.29 is 9.90 Å². The van der Waals surface area contributed by atoms with Crippen LogP contribution in [0.5, 0.6) is 0 Å². The van der Waals surface area contributed by atoms with Crippen LogP contribution < -0.4 is 5.73 Å². The molecule has 0 bridgehead atoms. The molecule has 0 saturated carbocycles. The van der Waals surface area contributed by atoms with E-state index in [4.69, 9.17) is 10.8 Å². The predicted octanol–water partition coefficient (Wildman–Crippen LogP) is 1.22. The molecule has 0 amide bonds. The molecule has 0 aromatic carbocycles. The molecule has 3 heteroatoms. The molecule has 0 aliphatic rings. The lowest BCUT2D eigenvalue weighted by molar-refractivity contribution is -0.144. The summed E-state index contributed by atoms with van der Waals surface area (Å²) in [6, 6.07) is 0. The van der Waals surface area contributed by atoms with E-state index in [9.17, 15) is 4.79 Å². The molecule has 66 valence electrons. The zero-order valence-corrected chi connectivity index (χ0v) is 7.42. The Kier molecular flexibility index (Phi) is 3.52. The van der Waals surface area contributed by atoms with Crippen molar-refractivity contribution in [3.05, 3.63) is 0 Å². The van der Waals surface area contributed by atoms with Crippen molar-refractivity contribution in [1.29, 1.82) is 0 Å². The first-order valence-corrected chi connectivity index (χ1v) is 3.99. The number of hydrogen-bond donors (Lipinski definition) is 2. The number of carboxylic acid groups (broad SMARTS) is 1. The van der Waals surface area contributed by atoms with Gasteiger partial charge in [-0.05, 0) is 12.8 Å². The van der Waals surface area contributed by atoms with Crippen LogP contribution in [0.3, 0.4) is 0 Å². The van der Waals surface area contributed by atoms with Crippen molar-refractivity contribution in [2.45, 2.75) is 39.2 Å². The lowest BCUT2D eigenvalue weighted by Gasteiger charge is -2.28. The van der Waals surface area contributed by atoms with Gasteiger partial charge < -0.3 is 10.8 Å². The summed E-state index contributed by atoms with van der Waals surface area (Å²) in [5, 5.41) is 8.75. The minimum Gasteiger partial charge on any atom is -0.480 e. The molecule has 0 aromatic heterocycles. The van der Waals surface area contributed by atoms with Gasteiger partial charge in [0.15, 0.2) is 0 Å². The topological polar surface area (TPSA) is 63.3 Å². The summed E-state index contributed by atoms with van der Waals surface area (Å²) in [6.45, 7) is 5.50. The Labute approximate surface area is 67.6 Å². The molecule has 0 spiro atoms. The molecule has 3 nitrogen and oxygen atoms in total. The maximum Gasteiger partial charge on any atom is 0.323 e. The van der Waals surface area contributed by atoms with Crippen LogP contribution in [-0.2, 0) is 4.79 Å². The van der Waals surface area contributed by atoms with Crippen LogP contribution in [0.15, 0.2) is 0 Å². The molecule has 0 saturated heterocycles. The Bertz CT molecular complexity index is 139. The van der Waals surface area contributed by atoms with Crippen LogP contribution in [0.1, 0.15) is 33.6 Å². The second kappa shape index (κ2) is 3.72. The first-order valence-electron chi connectivity index (χ1n) is 3.99. The molecular weight excluding hydrogens is 142 g/mol. The van der Waals surface area contributed by atoms with Gasteiger partial charge in [0, 0.05) is 0 Å². The normalized spacial score (nSPS) is 16.5. The molecule has 0 aliphatic heterocycles. The van der Waals surface area contributed by atoms with E-state index in [0.717, 1.165) is 12.8 Å². The molecular formula is C8H17NO2. The minimum absolute atomic E-state index is 0.0694. The van der Waals surface area contributed by atoms with Crippen LogP contribution in [0, 0.1) is 5.92 Å². The van der Waals surface area contributed by atoms with E-state index in [-0.39, 0.29) is 5.92 Å². The van der Waals surface area contributed by atoms with E-state index in [1.54, 1.807) is 6.92 Å². The zero-order chi connectivity index (χ0) is 9.07. The number of carbonyl (C=O) groups is 1. The van der Waals surface area contributed by atoms with E-state index >= 15 is 0 Å². The second-order valence-electron chi connectivity index (χ2n) is 3.10. The van der Waals surface area contributed by atoms with Gasteiger partial charge in [-0.15, -0.1) is 0 Å². The molecule has 0 fully saturated rings. The van der Waals surface area contributed by atoms with Gasteiger partial charge in [-0.3, -0.25) is 4.79 Å². The summed E-state index contributed by atoms with van der Waals surface area (Å²) < 4.78 is 0. The minimum atomic E-state index is -1.07. The predicted molar refractivity (Wildman–Crippen MR) is 44.3 cm³/mol. The molecule has 1 atom stereocenters. The summed E-state index contributed by atoms with van der Waals surface area (Å²) in [4.78, 5) is 10.7. The van der Waals surface area contributed by atoms with E-state index < -0.39 is 11.5 Å². The highest BCUT2D eigenvalue weighted by Crippen LogP contribution is 2.21. The van der Waals surface area contributed by atoms with Crippen molar-refractivity contribution in [2.75, 3.05) is 0 Å². The second-order valence-corrected chi connectivity index (χ2v) is 3.10. The van der Waals surface area contributed by atoms with Gasteiger partial charge in [0.1, 0.15) is 5.54 Å². The van der Waals surface area contributed by atoms with Crippen molar-refractivity contribution in [1.82, 2.24) is 0 Å². The van der Waals surface area contributed by atoms with Crippen molar-refractivity contribution in [2.24, 2.45) is 11.7 Å². The van der Waals surface area contributed by atoms with E-state index in [0.29, 0.717) is 0 Å². The fourth-order valence-corrected chi connectivity index (χ4v) is 1.31. The smallest absolute Gasteiger partial charge is 0.323 e. The standard InChI is InChI=1S/C8H17NO2/c1-4-6(5-2)8(3,9)7(10)11/h6H,4-5,9H2,1-3H3,(H,10,11)/t8-/m1/s1. The summed E-state index contributed by atoms with van der Waals surface area (Å²) >= 11 is 0. The highest BCUT2D eigenvalue weighted by molar-refractivity contribution is 5.78. The maximum atomic E-state index is 10.7. The number of rotatable bonds is 4. The van der Waals surface area contributed by atoms with Gasteiger partial charge in [-0.2, -0.15) is 0 Å². The molecule has 0 rings (SSSR count). The molecule has 0 aromatic rings. The quantitative estimate of drug-likeness (QED) is 0.648. The summed E-state index contributed by atoms with van der Waals surface area (Å²) in [5.41, 5.74) is 4.56. The van der Waals surface area contributed by atoms with E-state index in [1.807, 2.05) is 13.8 Å². The molecule has 0 radical (unpaired) electrons. The van der Waals surface area contributed by atoms with E-state index in [2.05, 4.69) is 0 Å². The van der Waals surface area contributed by atoms with Crippen molar-refractivity contribution in [3.63, 3.8) is 0 Å². The molecule has 0 heterocycles. The zero-order valence-electron chi connectivity index (χ0n) is 7.42. The molecule has 11 heavy (non-hydrogen) atoms. The maximum absolute atomic E-state index is 10.7. The Morgan fingerprint density at radius 2 is 1.91 bits per heavy atom. The number of aliphatic carboxylic acids is 1. The van der Waals surface area contributed by atoms with Crippen molar-refractivity contribution in [3.8, 4) is 0 Å². The van der Waals surface area contributed by atoms with Gasteiger partial charge >= 0.3 is 5.97 Å². The van der Waals surface area contributed by atoms with Gasteiger partial charge in [0.05, 0.1) is 0 Å². The largest absolute Gasteiger partial charge is 0.480 e. The Balaban J connectivity index is 4.36. The highest BCUT2D eigenvalue weighted by Gasteiger charge is 2.34. The van der Waals surface area contributed by atoms with Crippen LogP contribution in [0.25, 0.3) is 0 Å². The Hall–Kier alpha value is -0.570. The van der Waals surface area contributed by atoms with Crippen LogP contribution in [0.4, 0.5) is 0 Å². The van der Waals surface area contributed by atoms with Crippen LogP contribution in [0.2, 0.25) is 0 Å². The molecule has 3 N–H and O–H groups in total. The van der Waals surface area contributed by atoms with Crippen LogP contribution >= 0.6 is 0 Å². The molecule has 0 aliphatic carbocycles. The van der Waals surface area contributed by atoms with Crippen molar-refractivity contribution >= 4 is 5.97 Å². The third-order valence-electron chi connectivity index (χ3n) is 2.29. The summed E-state index contributed by atoms with van der Waals surface area (Å²) in [7, 11) is 0. The average molecular weight is 159 g/mol. The monoisotopic (exact) mass is 159 g/mol. The first kappa shape index (κ1) is 10.4. The van der Waals surface area contributed by atoms with Gasteiger partial charge in [0.2, 0.25) is 0 Å². The fourth-order valence-electron chi connectivity index (χ4n) is 1.31. The number of hydrogen-bond acceptors (Lipinski definition) is 2. The Morgan fingerprint density at radius 3 is 2.00 bits per heavy atom. The fraction of sp³-hybridized carbons (Fsp3) is 0.875. The van der Waals surface area contributed by atoms with Crippen LogP contribution in [-0.4, -0.2) is 16.6 Å². The third kappa shape index (κ3) is 2.19. The average Bonchev–Trinajstić information content (AvgIpc) is 1.89. The SMILES string of the molecule is CCC(CC)[C@@](C)(N)C(=O)O. The van der Waals surface area contributed by atoms with Gasteiger partial charge in [-0.25, -0.2) is 0 Å². The highest BCUT2D eigenvalue weighted by atomic mass is 16.4. The summed E-state index contributed by atoms with van der Waals surface area (Å²) in [6.07, 6.45) is 1.63. The van der Waals surface area contributed by atoms with Gasteiger partial charge in [0.25, 0.3) is 0 Å². The Morgan fingerprint density at radius 1 is 1.55 bits per heavy atom. The number of carboxylic acids is 1. The first-order chi connectivity index (χ1) is 4.96. The molecule has 0 unspecified atom stereocenters. The lowest BCUT2D eigenvalue weighted by Crippen LogP contribution is -2.51. The number of nitrogens with two attached hydrogens (primary N) is 1. The summed E-state index contributed by atoms with van der Waals surface area (Å²) in [5.74, 6) is -0.841. The lowest BCUT2D eigenvalue weighted by atomic mass is 9.83.